The lowest BCUT2D eigenvalue weighted by atomic mass is 10.1. The summed E-state index contributed by atoms with van der Waals surface area (Å²) in [4.78, 5) is 17.1. The molecule has 3 aromatic carbocycles. The molecule has 1 N–H and O–H groups in total. The molecule has 0 saturated carbocycles. The Bertz CT molecular complexity index is 1560. The summed E-state index contributed by atoms with van der Waals surface area (Å²) >= 11 is 7.39. The molecule has 3 aromatic rings. The normalized spacial score (nSPS) is 15.5. The summed E-state index contributed by atoms with van der Waals surface area (Å²) in [6, 6.07) is 18.4. The number of carbonyl (C=O) groups excluding carboxylic acids is 1. The summed E-state index contributed by atoms with van der Waals surface area (Å²) in [5, 5.41) is 16.2. The van der Waals surface area contributed by atoms with Crippen LogP contribution in [0.25, 0.3) is 6.08 Å². The van der Waals surface area contributed by atoms with Crippen LogP contribution < -0.4 is 18.9 Å². The number of thioether (sulfide) groups is 1. The van der Waals surface area contributed by atoms with Gasteiger partial charge in [-0.3, -0.25) is 10.2 Å². The van der Waals surface area contributed by atoms with Crippen molar-refractivity contribution in [2.45, 2.75) is 6.92 Å². The molecule has 2 heterocycles. The molecule has 2 aliphatic heterocycles. The van der Waals surface area contributed by atoms with E-state index in [4.69, 9.17) is 36.0 Å². The highest BCUT2D eigenvalue weighted by Gasteiger charge is 2.36. The molecule has 0 unspecified atom stereocenters. The van der Waals surface area contributed by atoms with Gasteiger partial charge in [-0.25, -0.2) is 0 Å². The number of aliphatic imine (C=N–C) groups is 1. The van der Waals surface area contributed by atoms with E-state index in [1.165, 1.54) is 31.0 Å². The number of halogens is 1. The highest BCUT2D eigenvalue weighted by molar-refractivity contribution is 8.27. The number of ether oxygens (including phenoxy) is 4. The summed E-state index contributed by atoms with van der Waals surface area (Å²) in [7, 11) is 3.01. The summed E-state index contributed by atoms with van der Waals surface area (Å²) in [5.41, 5.74) is 2.64. The van der Waals surface area contributed by atoms with Crippen molar-refractivity contribution in [2.75, 3.05) is 27.4 Å². The fraction of sp³-hybridized carbons (Fsp3) is 0.172. The minimum atomic E-state index is -0.528. The van der Waals surface area contributed by atoms with E-state index in [0.29, 0.717) is 43.8 Å². The second-order valence-electron chi connectivity index (χ2n) is 8.68. The molecule has 0 bridgehead atoms. The van der Waals surface area contributed by atoms with Gasteiger partial charge in [0.05, 0.1) is 24.8 Å². The van der Waals surface area contributed by atoms with Crippen molar-refractivity contribution in [3.8, 4) is 23.0 Å². The number of carbonyl (C=O) groups is 1. The molecule has 0 saturated heterocycles. The first-order chi connectivity index (χ1) is 19.4. The van der Waals surface area contributed by atoms with Crippen molar-refractivity contribution in [3.63, 3.8) is 0 Å². The predicted octanol–water partition coefficient (Wildman–Crippen LogP) is 5.79. The minimum absolute atomic E-state index is 0.0693. The Morgan fingerprint density at radius 1 is 0.975 bits per heavy atom. The number of aryl methyl sites for hydroxylation is 1. The third-order valence-corrected chi connectivity index (χ3v) is 7.21. The van der Waals surface area contributed by atoms with E-state index >= 15 is 0 Å². The van der Waals surface area contributed by atoms with Crippen LogP contribution in [-0.2, 0) is 4.79 Å². The van der Waals surface area contributed by atoms with Crippen LogP contribution >= 0.6 is 23.4 Å². The summed E-state index contributed by atoms with van der Waals surface area (Å²) < 4.78 is 22.7. The quantitative estimate of drug-likeness (QED) is 0.254. The van der Waals surface area contributed by atoms with Crippen molar-refractivity contribution in [1.82, 2.24) is 5.01 Å². The number of methoxy groups -OCH3 is 2. The average molecular weight is 577 g/mol. The molecule has 9 nitrogen and oxygen atoms in total. The maximum atomic E-state index is 12.9. The van der Waals surface area contributed by atoms with Gasteiger partial charge in [-0.1, -0.05) is 47.5 Å². The van der Waals surface area contributed by atoms with E-state index in [1.807, 2.05) is 43.3 Å². The third-order valence-electron chi connectivity index (χ3n) is 5.94. The number of benzene rings is 3. The van der Waals surface area contributed by atoms with Gasteiger partial charge in [-0.05, 0) is 60.7 Å². The number of para-hydroxylation sites is 1. The first kappa shape index (κ1) is 27.3. The van der Waals surface area contributed by atoms with Crippen LogP contribution in [0, 0.1) is 12.3 Å². The zero-order chi connectivity index (χ0) is 28.2. The van der Waals surface area contributed by atoms with Crippen LogP contribution in [0.2, 0.25) is 5.02 Å². The SMILES string of the molecule is COc1cc(/C=C2/C(=N)N3N=C(c4cccc(C)c4)SC3=NC2=O)cc(OC)c1OCCOc1ccccc1Cl. The van der Waals surface area contributed by atoms with Gasteiger partial charge >= 0.3 is 0 Å². The second kappa shape index (κ2) is 11.8. The topological polar surface area (TPSA) is 106 Å². The van der Waals surface area contributed by atoms with Crippen LogP contribution in [0.1, 0.15) is 16.7 Å². The molecule has 0 fully saturated rings. The number of hydrazone groups is 1. The molecule has 0 aliphatic carbocycles. The molecule has 40 heavy (non-hydrogen) atoms. The van der Waals surface area contributed by atoms with E-state index in [9.17, 15) is 4.79 Å². The number of fused-ring (bicyclic) bond motifs is 1. The van der Waals surface area contributed by atoms with Crippen molar-refractivity contribution in [3.05, 3.63) is 87.9 Å². The van der Waals surface area contributed by atoms with Gasteiger partial charge in [-0.2, -0.15) is 15.1 Å². The van der Waals surface area contributed by atoms with Crippen molar-refractivity contribution in [1.29, 1.82) is 5.41 Å². The summed E-state index contributed by atoms with van der Waals surface area (Å²) in [5.74, 6) is 1.12. The number of hydrogen-bond acceptors (Lipinski definition) is 8. The zero-order valence-corrected chi connectivity index (χ0v) is 23.5. The van der Waals surface area contributed by atoms with E-state index in [-0.39, 0.29) is 24.6 Å². The molecule has 0 radical (unpaired) electrons. The zero-order valence-electron chi connectivity index (χ0n) is 21.9. The van der Waals surface area contributed by atoms with Gasteiger partial charge in [0.2, 0.25) is 10.9 Å². The number of nitrogens with one attached hydrogen (secondary N) is 1. The molecule has 0 spiro atoms. The molecular weight excluding hydrogens is 552 g/mol. The fourth-order valence-electron chi connectivity index (χ4n) is 4.04. The first-order valence-electron chi connectivity index (χ1n) is 12.2. The van der Waals surface area contributed by atoms with Gasteiger partial charge in [0.15, 0.2) is 17.3 Å². The van der Waals surface area contributed by atoms with Crippen LogP contribution in [-0.4, -0.2) is 54.4 Å². The lowest BCUT2D eigenvalue weighted by Gasteiger charge is -2.20. The molecule has 5 rings (SSSR count). The van der Waals surface area contributed by atoms with Gasteiger partial charge in [0, 0.05) is 5.56 Å². The van der Waals surface area contributed by atoms with Gasteiger partial charge < -0.3 is 18.9 Å². The van der Waals surface area contributed by atoms with E-state index in [0.717, 1.165) is 11.1 Å². The summed E-state index contributed by atoms with van der Waals surface area (Å²) in [6.45, 7) is 2.44. The van der Waals surface area contributed by atoms with Crippen LogP contribution in [0.15, 0.2) is 76.3 Å². The second-order valence-corrected chi connectivity index (χ2v) is 10.0. The number of amidine groups is 2. The average Bonchev–Trinajstić information content (AvgIpc) is 3.38. The lowest BCUT2D eigenvalue weighted by molar-refractivity contribution is -0.114. The highest BCUT2D eigenvalue weighted by Crippen LogP contribution is 2.40. The first-order valence-corrected chi connectivity index (χ1v) is 13.4. The Hall–Kier alpha value is -4.28. The van der Waals surface area contributed by atoms with E-state index in [2.05, 4.69) is 10.1 Å². The maximum Gasteiger partial charge on any atom is 0.283 e. The van der Waals surface area contributed by atoms with Crippen LogP contribution in [0.3, 0.4) is 0 Å². The van der Waals surface area contributed by atoms with E-state index < -0.39 is 5.91 Å². The van der Waals surface area contributed by atoms with Crippen molar-refractivity contribution < 1.29 is 23.7 Å². The molecule has 204 valence electrons. The third kappa shape index (κ3) is 5.68. The predicted molar refractivity (Wildman–Crippen MR) is 157 cm³/mol. The van der Waals surface area contributed by atoms with Crippen molar-refractivity contribution in [2.24, 2.45) is 10.1 Å². The Morgan fingerprint density at radius 3 is 2.40 bits per heavy atom. The standard InChI is InChI=1S/C29H25ClN4O5S/c1-17-7-6-8-19(13-17)28-33-34-26(31)20(27(35)32-29(34)40-28)14-18-15-23(36-2)25(24(16-18)37-3)39-12-11-38-22-10-5-4-9-21(22)30/h4-10,13-16,31H,11-12H2,1-3H3/b20-14-,31-26?. The van der Waals surface area contributed by atoms with Gasteiger partial charge in [0.1, 0.15) is 24.0 Å². The Balaban J connectivity index is 1.36. The molecule has 0 aromatic heterocycles. The number of nitrogens with zero attached hydrogens (tertiary/aromatic N) is 3. The van der Waals surface area contributed by atoms with Crippen LogP contribution in [0.4, 0.5) is 0 Å². The molecule has 2 aliphatic rings. The lowest BCUT2D eigenvalue weighted by Crippen LogP contribution is -2.35. The Labute approximate surface area is 240 Å². The monoisotopic (exact) mass is 576 g/mol. The molecule has 0 atom stereocenters. The molecule has 1 amide bonds. The van der Waals surface area contributed by atoms with Crippen molar-refractivity contribution >= 4 is 51.4 Å². The smallest absolute Gasteiger partial charge is 0.283 e. The highest BCUT2D eigenvalue weighted by atomic mass is 35.5. The summed E-state index contributed by atoms with van der Waals surface area (Å²) in [6.07, 6.45) is 1.56. The van der Waals surface area contributed by atoms with Gasteiger partial charge in [0.25, 0.3) is 5.91 Å². The number of amides is 1. The number of hydrogen-bond donors (Lipinski definition) is 1. The van der Waals surface area contributed by atoms with Gasteiger partial charge in [-0.15, -0.1) is 0 Å². The van der Waals surface area contributed by atoms with E-state index in [1.54, 1.807) is 30.3 Å². The Kier molecular flexibility index (Phi) is 8.09. The molecule has 11 heteroatoms. The molecular formula is C29H25ClN4O5S. The minimum Gasteiger partial charge on any atom is -0.493 e. The maximum absolute atomic E-state index is 12.9. The largest absolute Gasteiger partial charge is 0.493 e. The number of rotatable bonds is 9. The Morgan fingerprint density at radius 2 is 1.70 bits per heavy atom. The van der Waals surface area contributed by atoms with Crippen LogP contribution in [0.5, 0.6) is 23.0 Å². The fourth-order valence-corrected chi connectivity index (χ4v) is 5.11.